The fourth-order valence-corrected chi connectivity index (χ4v) is 1.61. The lowest BCUT2D eigenvalue weighted by Crippen LogP contribution is -2.31. The molecule has 1 rings (SSSR count). The quantitative estimate of drug-likeness (QED) is 0.748. The van der Waals surface area contributed by atoms with E-state index in [1.54, 1.807) is 33.0 Å². The number of benzene rings is 1. The third kappa shape index (κ3) is 3.20. The summed E-state index contributed by atoms with van der Waals surface area (Å²) in [5, 5.41) is -0.121. The fourth-order valence-electron chi connectivity index (χ4n) is 1.41. The lowest BCUT2D eigenvalue weighted by Gasteiger charge is -2.18. The van der Waals surface area contributed by atoms with Gasteiger partial charge in [-0.25, -0.2) is 4.39 Å². The van der Waals surface area contributed by atoms with Crippen molar-refractivity contribution < 1.29 is 9.18 Å². The van der Waals surface area contributed by atoms with Gasteiger partial charge < -0.3 is 4.90 Å². The van der Waals surface area contributed by atoms with Crippen LogP contribution in [-0.2, 0) is 0 Å². The largest absolute Gasteiger partial charge is 0.340 e. The normalized spacial score (nSPS) is 12.3. The Morgan fingerprint density at radius 3 is 2.69 bits per heavy atom. The van der Waals surface area contributed by atoms with Crippen LogP contribution >= 0.6 is 11.6 Å². The maximum Gasteiger partial charge on any atom is 0.253 e. The van der Waals surface area contributed by atoms with Crippen molar-refractivity contribution in [2.45, 2.75) is 19.2 Å². The molecule has 1 atom stereocenters. The number of carbonyl (C=O) groups is 1. The van der Waals surface area contributed by atoms with Gasteiger partial charge in [0.2, 0.25) is 0 Å². The van der Waals surface area contributed by atoms with Crippen LogP contribution < -0.4 is 0 Å². The second-order valence-electron chi connectivity index (χ2n) is 3.93. The molecule has 0 aliphatic rings. The van der Waals surface area contributed by atoms with Crippen LogP contribution in [0.4, 0.5) is 4.39 Å². The highest BCUT2D eigenvalue weighted by Crippen LogP contribution is 2.11. The van der Waals surface area contributed by atoms with Crippen LogP contribution in [0.5, 0.6) is 0 Å². The minimum Gasteiger partial charge on any atom is -0.340 e. The summed E-state index contributed by atoms with van der Waals surface area (Å²) in [6.07, 6.45) is 0. The molecule has 4 heteroatoms. The van der Waals surface area contributed by atoms with Gasteiger partial charge in [-0.05, 0) is 31.5 Å². The Labute approximate surface area is 100 Å². The van der Waals surface area contributed by atoms with Crippen molar-refractivity contribution in [1.82, 2.24) is 4.90 Å². The SMILES string of the molecule is Cc1ccc(C(=O)N(C)CC(C)Cl)cc1F. The number of alkyl halides is 1. The van der Waals surface area contributed by atoms with Crippen molar-refractivity contribution in [3.63, 3.8) is 0 Å². The minimum atomic E-state index is -0.363. The molecule has 0 saturated carbocycles. The van der Waals surface area contributed by atoms with Gasteiger partial charge in [0.05, 0.1) is 0 Å². The van der Waals surface area contributed by atoms with E-state index in [2.05, 4.69) is 0 Å². The van der Waals surface area contributed by atoms with E-state index in [1.807, 2.05) is 0 Å². The van der Waals surface area contributed by atoms with Gasteiger partial charge in [-0.1, -0.05) is 6.07 Å². The third-order valence-electron chi connectivity index (χ3n) is 2.29. The number of nitrogens with zero attached hydrogens (tertiary/aromatic N) is 1. The third-order valence-corrected chi connectivity index (χ3v) is 2.43. The maximum absolute atomic E-state index is 13.3. The van der Waals surface area contributed by atoms with E-state index in [0.29, 0.717) is 17.7 Å². The molecular formula is C12H15ClFNO. The van der Waals surface area contributed by atoms with Crippen LogP contribution in [-0.4, -0.2) is 29.8 Å². The van der Waals surface area contributed by atoms with Crippen LogP contribution in [0.15, 0.2) is 18.2 Å². The molecule has 1 aromatic rings. The van der Waals surface area contributed by atoms with Crippen molar-refractivity contribution in [3.05, 3.63) is 35.1 Å². The molecule has 0 radical (unpaired) electrons. The minimum absolute atomic E-state index is 0.121. The first-order chi connectivity index (χ1) is 7.41. The van der Waals surface area contributed by atoms with Crippen molar-refractivity contribution >= 4 is 17.5 Å². The zero-order chi connectivity index (χ0) is 12.3. The predicted octanol–water partition coefficient (Wildman–Crippen LogP) is 2.83. The molecule has 0 heterocycles. The lowest BCUT2D eigenvalue weighted by atomic mass is 10.1. The smallest absolute Gasteiger partial charge is 0.253 e. The van der Waals surface area contributed by atoms with E-state index in [0.717, 1.165) is 0 Å². The number of aryl methyl sites for hydroxylation is 1. The highest BCUT2D eigenvalue weighted by atomic mass is 35.5. The zero-order valence-electron chi connectivity index (χ0n) is 9.63. The van der Waals surface area contributed by atoms with E-state index < -0.39 is 0 Å². The van der Waals surface area contributed by atoms with Crippen molar-refractivity contribution in [2.24, 2.45) is 0 Å². The van der Waals surface area contributed by atoms with Crippen LogP contribution in [0.1, 0.15) is 22.8 Å². The van der Waals surface area contributed by atoms with E-state index in [9.17, 15) is 9.18 Å². The number of halogens is 2. The highest BCUT2D eigenvalue weighted by molar-refractivity contribution is 6.20. The average Bonchev–Trinajstić information content (AvgIpc) is 2.20. The summed E-state index contributed by atoms with van der Waals surface area (Å²) in [6, 6.07) is 4.48. The van der Waals surface area contributed by atoms with Gasteiger partial charge in [0, 0.05) is 24.5 Å². The first-order valence-electron chi connectivity index (χ1n) is 5.07. The molecule has 0 aromatic heterocycles. The molecule has 0 aliphatic heterocycles. The zero-order valence-corrected chi connectivity index (χ0v) is 10.4. The second kappa shape index (κ2) is 5.30. The Kier molecular flexibility index (Phi) is 4.30. The summed E-state index contributed by atoms with van der Waals surface area (Å²) in [7, 11) is 1.65. The molecule has 1 unspecified atom stereocenters. The molecule has 0 aliphatic carbocycles. The molecule has 16 heavy (non-hydrogen) atoms. The summed E-state index contributed by atoms with van der Waals surface area (Å²) >= 11 is 5.79. The topological polar surface area (TPSA) is 20.3 Å². The van der Waals surface area contributed by atoms with Crippen LogP contribution in [0.2, 0.25) is 0 Å². The summed E-state index contributed by atoms with van der Waals surface area (Å²) in [5.41, 5.74) is 0.882. The summed E-state index contributed by atoms with van der Waals surface area (Å²) < 4.78 is 13.3. The first kappa shape index (κ1) is 13.0. The molecule has 0 saturated heterocycles. The molecule has 0 N–H and O–H groups in total. The van der Waals surface area contributed by atoms with Gasteiger partial charge in [-0.15, -0.1) is 11.6 Å². The van der Waals surface area contributed by atoms with Gasteiger partial charge in [-0.2, -0.15) is 0 Å². The second-order valence-corrected chi connectivity index (χ2v) is 4.68. The van der Waals surface area contributed by atoms with Crippen molar-refractivity contribution in [2.75, 3.05) is 13.6 Å². The monoisotopic (exact) mass is 243 g/mol. The van der Waals surface area contributed by atoms with Crippen LogP contribution in [0.25, 0.3) is 0 Å². The standard InChI is InChI=1S/C12H15ClFNO/c1-8-4-5-10(6-11(8)14)12(16)15(3)7-9(2)13/h4-6,9H,7H2,1-3H3. The molecule has 0 spiro atoms. The Morgan fingerprint density at radius 1 is 1.56 bits per heavy atom. The molecule has 1 amide bonds. The molecule has 0 fully saturated rings. The highest BCUT2D eigenvalue weighted by Gasteiger charge is 2.14. The number of rotatable bonds is 3. The van der Waals surface area contributed by atoms with Gasteiger partial charge in [0.1, 0.15) is 5.82 Å². The van der Waals surface area contributed by atoms with Crippen LogP contribution in [0.3, 0.4) is 0 Å². The van der Waals surface area contributed by atoms with E-state index in [-0.39, 0.29) is 17.1 Å². The van der Waals surface area contributed by atoms with Gasteiger partial charge in [0.25, 0.3) is 5.91 Å². The summed E-state index contributed by atoms with van der Waals surface area (Å²) in [6.45, 7) is 3.91. The number of amides is 1. The van der Waals surface area contributed by atoms with Crippen molar-refractivity contribution in [1.29, 1.82) is 0 Å². The van der Waals surface area contributed by atoms with Crippen LogP contribution in [0, 0.1) is 12.7 Å². The molecule has 2 nitrogen and oxygen atoms in total. The van der Waals surface area contributed by atoms with Gasteiger partial charge in [-0.3, -0.25) is 4.79 Å². The Balaban J connectivity index is 2.84. The lowest BCUT2D eigenvalue weighted by molar-refractivity contribution is 0.0795. The van der Waals surface area contributed by atoms with E-state index in [4.69, 9.17) is 11.6 Å². The maximum atomic E-state index is 13.3. The number of carbonyl (C=O) groups excluding carboxylic acids is 1. The molecular weight excluding hydrogens is 229 g/mol. The number of hydrogen-bond acceptors (Lipinski definition) is 1. The van der Waals surface area contributed by atoms with Gasteiger partial charge in [0.15, 0.2) is 0 Å². The Morgan fingerprint density at radius 2 is 2.19 bits per heavy atom. The van der Waals surface area contributed by atoms with E-state index in [1.165, 1.54) is 11.0 Å². The molecule has 88 valence electrons. The fraction of sp³-hybridized carbons (Fsp3) is 0.417. The van der Waals surface area contributed by atoms with Crippen molar-refractivity contribution in [3.8, 4) is 0 Å². The molecule has 1 aromatic carbocycles. The summed E-state index contributed by atoms with van der Waals surface area (Å²) in [4.78, 5) is 13.3. The number of hydrogen-bond donors (Lipinski definition) is 0. The Bertz CT molecular complexity index is 393. The summed E-state index contributed by atoms with van der Waals surface area (Å²) in [5.74, 6) is -0.579. The predicted molar refractivity (Wildman–Crippen MR) is 63.4 cm³/mol. The first-order valence-corrected chi connectivity index (χ1v) is 5.51. The van der Waals surface area contributed by atoms with E-state index >= 15 is 0 Å². The molecule has 0 bridgehead atoms. The van der Waals surface area contributed by atoms with Gasteiger partial charge >= 0.3 is 0 Å². The average molecular weight is 244 g/mol. The Hall–Kier alpha value is -1.09.